The van der Waals surface area contributed by atoms with E-state index >= 15 is 0 Å². The van der Waals surface area contributed by atoms with E-state index in [9.17, 15) is 9.59 Å². The van der Waals surface area contributed by atoms with E-state index in [1.54, 1.807) is 36.4 Å². The van der Waals surface area contributed by atoms with Crippen molar-refractivity contribution in [2.75, 3.05) is 0 Å². The number of aryl methyl sites for hydroxylation is 1. The molecule has 2 amide bonds. The fourth-order valence-electron chi connectivity index (χ4n) is 1.81. The highest BCUT2D eigenvalue weighted by molar-refractivity contribution is 6.30. The number of carbonyl (C=O) groups excluding carboxylic acids is 2. The van der Waals surface area contributed by atoms with Gasteiger partial charge in [-0.3, -0.25) is 20.4 Å². The van der Waals surface area contributed by atoms with E-state index in [0.29, 0.717) is 22.0 Å². The van der Waals surface area contributed by atoms with Gasteiger partial charge in [-0.25, -0.2) is 0 Å². The Hall–Kier alpha value is -2.04. The molecule has 2 aromatic rings. The molecule has 0 unspecified atom stereocenters. The molecule has 6 heteroatoms. The number of hydrazine groups is 1. The first kappa shape index (κ1) is 16.3. The zero-order chi connectivity index (χ0) is 15.9. The van der Waals surface area contributed by atoms with Crippen LogP contribution in [0.4, 0.5) is 0 Å². The van der Waals surface area contributed by atoms with E-state index in [0.717, 1.165) is 5.56 Å². The van der Waals surface area contributed by atoms with Gasteiger partial charge in [0, 0.05) is 22.0 Å². The van der Waals surface area contributed by atoms with Gasteiger partial charge in [0.2, 0.25) is 5.91 Å². The second kappa shape index (κ2) is 7.82. The van der Waals surface area contributed by atoms with E-state index in [1.807, 2.05) is 12.1 Å². The standard InChI is InChI=1S/C16H14Cl2N2O2/c17-13-7-5-12(6-8-13)16(22)20-19-15(21)9-4-11-2-1-3-14(18)10-11/h1-3,5-8,10H,4,9H2,(H,19,21)(H,20,22). The Bertz CT molecular complexity index is 672. The van der Waals surface area contributed by atoms with E-state index in [4.69, 9.17) is 23.2 Å². The Morgan fingerprint density at radius 2 is 1.64 bits per heavy atom. The van der Waals surface area contributed by atoms with Crippen molar-refractivity contribution in [1.29, 1.82) is 0 Å². The molecule has 0 atom stereocenters. The van der Waals surface area contributed by atoms with Crippen molar-refractivity contribution in [1.82, 2.24) is 10.9 Å². The monoisotopic (exact) mass is 336 g/mol. The predicted octanol–water partition coefficient (Wildman–Crippen LogP) is 3.39. The Morgan fingerprint density at radius 1 is 0.909 bits per heavy atom. The lowest BCUT2D eigenvalue weighted by molar-refractivity contribution is -0.121. The number of halogens is 2. The molecule has 0 aliphatic heterocycles. The molecule has 2 rings (SSSR count). The summed E-state index contributed by atoms with van der Waals surface area (Å²) in [6.07, 6.45) is 0.796. The van der Waals surface area contributed by atoms with E-state index in [2.05, 4.69) is 10.9 Å². The third-order valence-electron chi connectivity index (χ3n) is 2.95. The second-order valence-electron chi connectivity index (χ2n) is 4.64. The highest BCUT2D eigenvalue weighted by Gasteiger charge is 2.07. The molecule has 0 aliphatic rings. The Morgan fingerprint density at radius 3 is 2.32 bits per heavy atom. The first-order chi connectivity index (χ1) is 10.5. The Kier molecular flexibility index (Phi) is 5.81. The van der Waals surface area contributed by atoms with Gasteiger partial charge in [-0.05, 0) is 48.4 Å². The molecule has 0 aliphatic carbocycles. The zero-order valence-corrected chi connectivity index (χ0v) is 13.1. The number of hydrogen-bond donors (Lipinski definition) is 2. The lowest BCUT2D eigenvalue weighted by Crippen LogP contribution is -2.41. The van der Waals surface area contributed by atoms with Gasteiger partial charge >= 0.3 is 0 Å². The summed E-state index contributed by atoms with van der Waals surface area (Å²) in [6.45, 7) is 0. The number of benzene rings is 2. The molecule has 0 fully saturated rings. The van der Waals surface area contributed by atoms with Crippen LogP contribution in [-0.4, -0.2) is 11.8 Å². The summed E-state index contributed by atoms with van der Waals surface area (Å²) in [5.41, 5.74) is 6.11. The third-order valence-corrected chi connectivity index (χ3v) is 3.44. The summed E-state index contributed by atoms with van der Waals surface area (Å²) >= 11 is 11.6. The minimum Gasteiger partial charge on any atom is -0.273 e. The normalized spacial score (nSPS) is 10.1. The average molecular weight is 337 g/mol. The molecular weight excluding hydrogens is 323 g/mol. The SMILES string of the molecule is O=C(CCc1cccc(Cl)c1)NNC(=O)c1ccc(Cl)cc1. The van der Waals surface area contributed by atoms with Crippen LogP contribution < -0.4 is 10.9 Å². The first-order valence-corrected chi connectivity index (χ1v) is 7.39. The number of rotatable bonds is 4. The summed E-state index contributed by atoms with van der Waals surface area (Å²) in [4.78, 5) is 23.5. The minimum absolute atomic E-state index is 0.251. The molecule has 22 heavy (non-hydrogen) atoms. The fourth-order valence-corrected chi connectivity index (χ4v) is 2.15. The van der Waals surface area contributed by atoms with E-state index in [-0.39, 0.29) is 12.3 Å². The third kappa shape index (κ3) is 5.06. The number of nitrogens with one attached hydrogen (secondary N) is 2. The van der Waals surface area contributed by atoms with Crippen LogP contribution in [0.1, 0.15) is 22.3 Å². The lowest BCUT2D eigenvalue weighted by Gasteiger charge is -2.07. The smallest absolute Gasteiger partial charge is 0.269 e. The van der Waals surface area contributed by atoms with Crippen LogP contribution >= 0.6 is 23.2 Å². The van der Waals surface area contributed by atoms with Gasteiger partial charge in [0.1, 0.15) is 0 Å². The highest BCUT2D eigenvalue weighted by atomic mass is 35.5. The summed E-state index contributed by atoms with van der Waals surface area (Å²) in [6, 6.07) is 13.7. The number of amides is 2. The van der Waals surface area contributed by atoms with Crippen molar-refractivity contribution < 1.29 is 9.59 Å². The molecule has 0 aromatic heterocycles. The lowest BCUT2D eigenvalue weighted by atomic mass is 10.1. The van der Waals surface area contributed by atoms with Crippen molar-refractivity contribution in [2.24, 2.45) is 0 Å². The average Bonchev–Trinajstić information content (AvgIpc) is 2.51. The van der Waals surface area contributed by atoms with Crippen LogP contribution in [0.15, 0.2) is 48.5 Å². The molecular formula is C16H14Cl2N2O2. The number of hydrogen-bond acceptors (Lipinski definition) is 2. The maximum atomic E-state index is 11.8. The van der Waals surface area contributed by atoms with Gasteiger partial charge in [0.25, 0.3) is 5.91 Å². The molecule has 0 spiro atoms. The molecule has 2 aromatic carbocycles. The highest BCUT2D eigenvalue weighted by Crippen LogP contribution is 2.12. The van der Waals surface area contributed by atoms with Crippen molar-refractivity contribution in [3.63, 3.8) is 0 Å². The largest absolute Gasteiger partial charge is 0.273 e. The molecule has 114 valence electrons. The van der Waals surface area contributed by atoms with Gasteiger partial charge in [-0.2, -0.15) is 0 Å². The molecule has 2 N–H and O–H groups in total. The van der Waals surface area contributed by atoms with Gasteiger partial charge < -0.3 is 0 Å². The maximum absolute atomic E-state index is 11.8. The van der Waals surface area contributed by atoms with Crippen LogP contribution in [0.3, 0.4) is 0 Å². The van der Waals surface area contributed by atoms with Crippen LogP contribution in [-0.2, 0) is 11.2 Å². The van der Waals surface area contributed by atoms with E-state index in [1.165, 1.54) is 0 Å². The summed E-state index contributed by atoms with van der Waals surface area (Å²) in [5, 5.41) is 1.18. The summed E-state index contributed by atoms with van der Waals surface area (Å²) in [7, 11) is 0. The summed E-state index contributed by atoms with van der Waals surface area (Å²) < 4.78 is 0. The van der Waals surface area contributed by atoms with Crippen LogP contribution in [0.25, 0.3) is 0 Å². The summed E-state index contributed by atoms with van der Waals surface area (Å²) in [5.74, 6) is -0.671. The molecule has 0 radical (unpaired) electrons. The van der Waals surface area contributed by atoms with Crippen molar-refractivity contribution >= 4 is 35.0 Å². The topological polar surface area (TPSA) is 58.2 Å². The molecule has 0 saturated heterocycles. The van der Waals surface area contributed by atoms with Crippen LogP contribution in [0.5, 0.6) is 0 Å². The van der Waals surface area contributed by atoms with Crippen molar-refractivity contribution in [2.45, 2.75) is 12.8 Å². The van der Waals surface area contributed by atoms with Gasteiger partial charge in [-0.15, -0.1) is 0 Å². The maximum Gasteiger partial charge on any atom is 0.269 e. The predicted molar refractivity (Wildman–Crippen MR) is 86.8 cm³/mol. The van der Waals surface area contributed by atoms with Crippen LogP contribution in [0.2, 0.25) is 10.0 Å². The minimum atomic E-state index is -0.396. The molecule has 4 nitrogen and oxygen atoms in total. The van der Waals surface area contributed by atoms with Gasteiger partial charge in [0.05, 0.1) is 0 Å². The second-order valence-corrected chi connectivity index (χ2v) is 5.51. The number of carbonyl (C=O) groups is 2. The van der Waals surface area contributed by atoms with Gasteiger partial charge in [0.15, 0.2) is 0 Å². The van der Waals surface area contributed by atoms with Crippen molar-refractivity contribution in [3.05, 3.63) is 69.7 Å². The Balaban J connectivity index is 1.78. The van der Waals surface area contributed by atoms with E-state index < -0.39 is 5.91 Å². The van der Waals surface area contributed by atoms with Crippen molar-refractivity contribution in [3.8, 4) is 0 Å². The Labute approximate surface area is 138 Å². The van der Waals surface area contributed by atoms with Gasteiger partial charge in [-0.1, -0.05) is 35.3 Å². The molecule has 0 bridgehead atoms. The fraction of sp³-hybridized carbons (Fsp3) is 0.125. The first-order valence-electron chi connectivity index (χ1n) is 6.64. The molecule has 0 saturated carbocycles. The zero-order valence-electron chi connectivity index (χ0n) is 11.6. The molecule has 0 heterocycles. The van der Waals surface area contributed by atoms with Crippen LogP contribution in [0, 0.1) is 0 Å². The quantitative estimate of drug-likeness (QED) is 0.841.